The Morgan fingerprint density at radius 3 is 0.905 bits per heavy atom. The molecule has 0 radical (unpaired) electrons. The van der Waals surface area contributed by atoms with Crippen LogP contribution in [-0.2, 0) is 0 Å². The predicted octanol–water partition coefficient (Wildman–Crippen LogP) is 3.93. The third-order valence-electron chi connectivity index (χ3n) is 2.36. The van der Waals surface area contributed by atoms with Gasteiger partial charge in [-0.3, -0.25) is 0 Å². The number of hydrogen-bond donors (Lipinski definition) is 3. The van der Waals surface area contributed by atoms with Crippen LogP contribution in [0.1, 0.15) is 0 Å². The second-order valence-electron chi connectivity index (χ2n) is 4.16. The molecule has 0 saturated carbocycles. The number of anilines is 2. The van der Waals surface area contributed by atoms with Crippen molar-refractivity contribution in [2.24, 2.45) is 0 Å². The van der Waals surface area contributed by atoms with E-state index in [2.05, 4.69) is 0 Å². The molecule has 5 N–H and O–H groups in total. The van der Waals surface area contributed by atoms with E-state index in [1.54, 1.807) is 24.3 Å². The van der Waals surface area contributed by atoms with Crippen LogP contribution in [0.25, 0.3) is 0 Å². The molecule has 0 aliphatic rings. The monoisotopic (exact) mass is 280 g/mol. The first-order chi connectivity index (χ1) is 10.2. The minimum atomic E-state index is 0.322. The van der Waals surface area contributed by atoms with Crippen LogP contribution in [0, 0.1) is 0 Å². The smallest absolute Gasteiger partial charge is 0.115 e. The molecule has 0 aromatic heterocycles. The quantitative estimate of drug-likeness (QED) is 0.546. The maximum atomic E-state index is 8.63. The lowest BCUT2D eigenvalue weighted by Crippen LogP contribution is -1.79. The van der Waals surface area contributed by atoms with Crippen LogP contribution in [0.2, 0.25) is 0 Å². The third-order valence-corrected chi connectivity index (χ3v) is 2.36. The largest absolute Gasteiger partial charge is 0.508 e. The van der Waals surface area contributed by atoms with Crippen molar-refractivity contribution in [2.45, 2.75) is 0 Å². The minimum absolute atomic E-state index is 0.322. The molecule has 0 aliphatic heterocycles. The van der Waals surface area contributed by atoms with E-state index in [9.17, 15) is 0 Å². The summed E-state index contributed by atoms with van der Waals surface area (Å²) < 4.78 is 0. The van der Waals surface area contributed by atoms with E-state index < -0.39 is 0 Å². The average Bonchev–Trinajstić information content (AvgIpc) is 2.51. The summed E-state index contributed by atoms with van der Waals surface area (Å²) in [7, 11) is 0. The lowest BCUT2D eigenvalue weighted by Gasteiger charge is -1.83. The van der Waals surface area contributed by atoms with Gasteiger partial charge in [-0.25, -0.2) is 0 Å². The number of rotatable bonds is 0. The Bertz CT molecular complexity index is 494. The average molecular weight is 280 g/mol. The summed E-state index contributed by atoms with van der Waals surface area (Å²) in [4.78, 5) is 0. The standard InChI is InChI=1S/2C6H7N.C6H6O/c3*7-6-4-2-1-3-5-6/h2*1-5H,7H2;1-5,7H. The topological polar surface area (TPSA) is 72.3 Å². The first-order valence-electron chi connectivity index (χ1n) is 6.53. The SMILES string of the molecule is Nc1ccccc1.Nc1ccccc1.Oc1ccccc1. The van der Waals surface area contributed by atoms with E-state index >= 15 is 0 Å². The molecule has 3 nitrogen and oxygen atoms in total. The fourth-order valence-corrected chi connectivity index (χ4v) is 1.33. The zero-order chi connectivity index (χ0) is 15.3. The lowest BCUT2D eigenvalue weighted by molar-refractivity contribution is 0.475. The summed E-state index contributed by atoms with van der Waals surface area (Å²) in [5.41, 5.74) is 12.4. The van der Waals surface area contributed by atoms with Gasteiger partial charge in [0.1, 0.15) is 5.75 Å². The number of nitrogen functional groups attached to an aromatic ring is 2. The maximum absolute atomic E-state index is 8.63. The van der Waals surface area contributed by atoms with Gasteiger partial charge in [0.15, 0.2) is 0 Å². The molecule has 3 aromatic carbocycles. The van der Waals surface area contributed by atoms with Gasteiger partial charge in [-0.2, -0.15) is 0 Å². The number of benzene rings is 3. The van der Waals surface area contributed by atoms with E-state index in [0.29, 0.717) is 5.75 Å². The number of aromatic hydroxyl groups is 1. The van der Waals surface area contributed by atoms with Crippen LogP contribution < -0.4 is 11.5 Å². The van der Waals surface area contributed by atoms with Crippen molar-refractivity contribution in [3.63, 3.8) is 0 Å². The number of para-hydroxylation sites is 3. The summed E-state index contributed by atoms with van der Waals surface area (Å²) in [5, 5.41) is 8.63. The summed E-state index contributed by atoms with van der Waals surface area (Å²) in [6, 6.07) is 27.7. The molecule has 108 valence electrons. The lowest BCUT2D eigenvalue weighted by atomic mass is 10.3. The molecule has 0 heterocycles. The van der Waals surface area contributed by atoms with Crippen LogP contribution in [0.5, 0.6) is 5.75 Å². The Hall–Kier alpha value is -2.94. The van der Waals surface area contributed by atoms with Crippen molar-refractivity contribution >= 4 is 11.4 Å². The van der Waals surface area contributed by atoms with Crippen LogP contribution >= 0.6 is 0 Å². The van der Waals surface area contributed by atoms with Gasteiger partial charge >= 0.3 is 0 Å². The zero-order valence-corrected chi connectivity index (χ0v) is 11.8. The van der Waals surface area contributed by atoms with Gasteiger partial charge in [0, 0.05) is 11.4 Å². The Balaban J connectivity index is 0.000000157. The first kappa shape index (κ1) is 16.1. The number of phenolic OH excluding ortho intramolecular Hbond substituents is 1. The van der Waals surface area contributed by atoms with Crippen molar-refractivity contribution in [1.29, 1.82) is 0 Å². The molecule has 0 atom stereocenters. The Morgan fingerprint density at radius 1 is 0.476 bits per heavy atom. The highest BCUT2D eigenvalue weighted by atomic mass is 16.3. The predicted molar refractivity (Wildman–Crippen MR) is 89.8 cm³/mol. The molecular formula is C18H20N2O. The fourth-order valence-electron chi connectivity index (χ4n) is 1.33. The normalized spacial score (nSPS) is 8.57. The number of phenols is 1. The van der Waals surface area contributed by atoms with Crippen LogP contribution in [0.15, 0.2) is 91.0 Å². The second-order valence-corrected chi connectivity index (χ2v) is 4.16. The fraction of sp³-hybridized carbons (Fsp3) is 0. The summed E-state index contributed by atoms with van der Waals surface area (Å²) >= 11 is 0. The van der Waals surface area contributed by atoms with Gasteiger partial charge in [-0.05, 0) is 36.4 Å². The second kappa shape index (κ2) is 9.92. The summed E-state index contributed by atoms with van der Waals surface area (Å²) in [5.74, 6) is 0.322. The molecule has 0 amide bonds. The molecular weight excluding hydrogens is 260 g/mol. The Kier molecular flexibility index (Phi) is 7.61. The van der Waals surface area contributed by atoms with E-state index in [4.69, 9.17) is 16.6 Å². The van der Waals surface area contributed by atoms with Gasteiger partial charge in [0.05, 0.1) is 0 Å². The van der Waals surface area contributed by atoms with E-state index in [1.807, 2.05) is 66.7 Å². The van der Waals surface area contributed by atoms with Crippen LogP contribution in [0.4, 0.5) is 11.4 Å². The number of hydrogen-bond acceptors (Lipinski definition) is 3. The van der Waals surface area contributed by atoms with Crippen LogP contribution in [-0.4, -0.2) is 5.11 Å². The molecule has 0 unspecified atom stereocenters. The van der Waals surface area contributed by atoms with Gasteiger partial charge < -0.3 is 16.6 Å². The minimum Gasteiger partial charge on any atom is -0.508 e. The molecule has 21 heavy (non-hydrogen) atoms. The van der Waals surface area contributed by atoms with Crippen molar-refractivity contribution in [1.82, 2.24) is 0 Å². The molecule has 0 spiro atoms. The third kappa shape index (κ3) is 8.72. The molecule has 3 aromatic rings. The highest BCUT2D eigenvalue weighted by molar-refractivity contribution is 5.36. The van der Waals surface area contributed by atoms with Crippen molar-refractivity contribution < 1.29 is 5.11 Å². The molecule has 3 heteroatoms. The first-order valence-corrected chi connectivity index (χ1v) is 6.53. The Labute approximate surface area is 125 Å². The Morgan fingerprint density at radius 2 is 0.762 bits per heavy atom. The summed E-state index contributed by atoms with van der Waals surface area (Å²) in [6.45, 7) is 0. The van der Waals surface area contributed by atoms with Crippen molar-refractivity contribution in [3.8, 4) is 5.75 Å². The highest BCUT2D eigenvalue weighted by Gasteiger charge is 1.75. The van der Waals surface area contributed by atoms with E-state index in [1.165, 1.54) is 0 Å². The number of nitrogens with two attached hydrogens (primary N) is 2. The molecule has 0 bridgehead atoms. The summed E-state index contributed by atoms with van der Waals surface area (Å²) in [6.07, 6.45) is 0. The molecule has 3 rings (SSSR count). The van der Waals surface area contributed by atoms with Gasteiger partial charge in [0.2, 0.25) is 0 Å². The highest BCUT2D eigenvalue weighted by Crippen LogP contribution is 2.02. The van der Waals surface area contributed by atoms with Gasteiger partial charge in [-0.15, -0.1) is 0 Å². The molecule has 0 aliphatic carbocycles. The van der Waals surface area contributed by atoms with Gasteiger partial charge in [-0.1, -0.05) is 54.6 Å². The van der Waals surface area contributed by atoms with Crippen LogP contribution in [0.3, 0.4) is 0 Å². The maximum Gasteiger partial charge on any atom is 0.115 e. The van der Waals surface area contributed by atoms with Crippen molar-refractivity contribution in [3.05, 3.63) is 91.0 Å². The molecule has 0 fully saturated rings. The zero-order valence-electron chi connectivity index (χ0n) is 11.8. The van der Waals surface area contributed by atoms with E-state index in [0.717, 1.165) is 11.4 Å². The van der Waals surface area contributed by atoms with Gasteiger partial charge in [0.25, 0.3) is 0 Å². The van der Waals surface area contributed by atoms with E-state index in [-0.39, 0.29) is 0 Å². The molecule has 0 saturated heterocycles. The van der Waals surface area contributed by atoms with Crippen molar-refractivity contribution in [2.75, 3.05) is 11.5 Å².